The van der Waals surface area contributed by atoms with Crippen LogP contribution in [0.5, 0.6) is 11.5 Å². The Morgan fingerprint density at radius 3 is 2.49 bits per heavy atom. The average Bonchev–Trinajstić information content (AvgIpc) is 2.95. The largest absolute Gasteiger partial charge is 0.497 e. The molecule has 0 aliphatic rings. The Bertz CT molecular complexity index is 1380. The van der Waals surface area contributed by atoms with Crippen LogP contribution in [0.25, 0.3) is 0 Å². The number of pyridine rings is 1. The summed E-state index contributed by atoms with van der Waals surface area (Å²) in [6.45, 7) is 0.328. The molecular formula is C29H27N3O4S. The van der Waals surface area contributed by atoms with Gasteiger partial charge in [0, 0.05) is 46.8 Å². The third-order valence-corrected chi connectivity index (χ3v) is 6.72. The van der Waals surface area contributed by atoms with Crippen LogP contribution in [0.15, 0.2) is 96.2 Å². The minimum atomic E-state index is -0.215. The van der Waals surface area contributed by atoms with Gasteiger partial charge in [-0.2, -0.15) is 0 Å². The maximum Gasteiger partial charge on any atom is 0.257 e. The van der Waals surface area contributed by atoms with Crippen LogP contribution in [-0.4, -0.2) is 31.0 Å². The molecular weight excluding hydrogens is 486 g/mol. The lowest BCUT2D eigenvalue weighted by Crippen LogP contribution is -2.23. The maximum absolute atomic E-state index is 12.8. The zero-order chi connectivity index (χ0) is 26.0. The first-order valence-electron chi connectivity index (χ1n) is 11.6. The van der Waals surface area contributed by atoms with Crippen LogP contribution in [0.2, 0.25) is 0 Å². The molecule has 0 unspecified atom stereocenters. The van der Waals surface area contributed by atoms with Gasteiger partial charge in [-0.15, -0.1) is 11.8 Å². The van der Waals surface area contributed by atoms with Crippen molar-refractivity contribution in [3.63, 3.8) is 0 Å². The van der Waals surface area contributed by atoms with Crippen molar-refractivity contribution in [2.75, 3.05) is 19.5 Å². The number of hydrogen-bond donors (Lipinski definition) is 2. The second-order valence-electron chi connectivity index (χ2n) is 8.04. The second-order valence-corrected chi connectivity index (χ2v) is 9.06. The number of nitrogens with one attached hydrogen (secondary N) is 2. The fraction of sp³-hybridized carbons (Fsp3) is 0.138. The molecule has 1 aromatic heterocycles. The Morgan fingerprint density at radius 1 is 0.865 bits per heavy atom. The van der Waals surface area contributed by atoms with Crippen LogP contribution in [-0.2, 0) is 12.3 Å². The number of rotatable bonds is 10. The van der Waals surface area contributed by atoms with Crippen LogP contribution >= 0.6 is 11.8 Å². The number of carbonyl (C=O) groups excluding carboxylic acids is 2. The number of ether oxygens (including phenoxy) is 2. The predicted molar refractivity (Wildman–Crippen MR) is 145 cm³/mol. The van der Waals surface area contributed by atoms with Gasteiger partial charge in [0.15, 0.2) is 0 Å². The van der Waals surface area contributed by atoms with E-state index in [2.05, 4.69) is 15.6 Å². The van der Waals surface area contributed by atoms with Gasteiger partial charge in [0.25, 0.3) is 11.8 Å². The number of aromatic nitrogens is 1. The molecule has 188 valence electrons. The number of amides is 2. The van der Waals surface area contributed by atoms with Gasteiger partial charge < -0.3 is 20.1 Å². The minimum Gasteiger partial charge on any atom is -0.497 e. The summed E-state index contributed by atoms with van der Waals surface area (Å²) in [5.41, 5.74) is 3.64. The van der Waals surface area contributed by atoms with E-state index in [1.807, 2.05) is 54.6 Å². The van der Waals surface area contributed by atoms with Crippen LogP contribution in [0, 0.1) is 0 Å². The highest BCUT2D eigenvalue weighted by molar-refractivity contribution is 7.98. The van der Waals surface area contributed by atoms with Crippen LogP contribution in [0.1, 0.15) is 31.8 Å². The first-order valence-corrected chi connectivity index (χ1v) is 12.6. The molecule has 0 radical (unpaired) electrons. The molecule has 7 nitrogen and oxygen atoms in total. The van der Waals surface area contributed by atoms with E-state index in [1.165, 1.54) is 6.20 Å². The fourth-order valence-electron chi connectivity index (χ4n) is 3.63. The van der Waals surface area contributed by atoms with Gasteiger partial charge in [0.1, 0.15) is 11.5 Å². The standard InChI is InChI=1S/C29H27N3O4S/c1-35-24-13-12-22(26(16-24)36-2)18-31-28(33)21-8-5-7-20(15-21)19-37-27-11-4-3-10-25(27)32-29(34)23-9-6-14-30-17-23/h3-17H,18-19H2,1-2H3,(H,31,33)(H,32,34). The van der Waals surface area contributed by atoms with E-state index in [1.54, 1.807) is 56.4 Å². The summed E-state index contributed by atoms with van der Waals surface area (Å²) in [6, 6.07) is 24.1. The number of carbonyl (C=O) groups is 2. The van der Waals surface area contributed by atoms with Crippen LogP contribution in [0.3, 0.4) is 0 Å². The van der Waals surface area contributed by atoms with Crippen molar-refractivity contribution in [3.8, 4) is 11.5 Å². The summed E-state index contributed by atoms with van der Waals surface area (Å²) in [5, 5.41) is 5.92. The summed E-state index contributed by atoms with van der Waals surface area (Å²) in [6.07, 6.45) is 3.16. The smallest absolute Gasteiger partial charge is 0.257 e. The van der Waals surface area contributed by atoms with E-state index < -0.39 is 0 Å². The van der Waals surface area contributed by atoms with Crippen molar-refractivity contribution < 1.29 is 19.1 Å². The summed E-state index contributed by atoms with van der Waals surface area (Å²) >= 11 is 1.59. The molecule has 0 saturated heterocycles. The number of hydrogen-bond acceptors (Lipinski definition) is 6. The van der Waals surface area contributed by atoms with Gasteiger partial charge >= 0.3 is 0 Å². The van der Waals surface area contributed by atoms with E-state index in [0.717, 1.165) is 21.7 Å². The molecule has 1 heterocycles. The summed E-state index contributed by atoms with van der Waals surface area (Å²) < 4.78 is 10.6. The van der Waals surface area contributed by atoms with Crippen molar-refractivity contribution in [1.29, 1.82) is 0 Å². The quantitative estimate of drug-likeness (QED) is 0.269. The second kappa shape index (κ2) is 12.6. The minimum absolute atomic E-state index is 0.172. The van der Waals surface area contributed by atoms with Gasteiger partial charge in [0.2, 0.25) is 0 Å². The van der Waals surface area contributed by atoms with E-state index in [9.17, 15) is 9.59 Å². The van der Waals surface area contributed by atoms with Gasteiger partial charge in [-0.05, 0) is 54.1 Å². The van der Waals surface area contributed by atoms with E-state index >= 15 is 0 Å². The van der Waals surface area contributed by atoms with Gasteiger partial charge in [-0.3, -0.25) is 14.6 Å². The number of benzene rings is 3. The molecule has 0 spiro atoms. The van der Waals surface area contributed by atoms with Crippen LogP contribution in [0.4, 0.5) is 5.69 Å². The third-order valence-electron chi connectivity index (χ3n) is 5.58. The van der Waals surface area contributed by atoms with Crippen molar-refractivity contribution in [3.05, 3.63) is 114 Å². The summed E-state index contributed by atoms with van der Waals surface area (Å²) in [5.74, 6) is 1.59. The zero-order valence-electron chi connectivity index (χ0n) is 20.6. The Labute approximate surface area is 220 Å². The number of para-hydroxylation sites is 1. The molecule has 2 N–H and O–H groups in total. The Morgan fingerprint density at radius 2 is 1.70 bits per heavy atom. The molecule has 4 aromatic rings. The van der Waals surface area contributed by atoms with Gasteiger partial charge in [-0.25, -0.2) is 0 Å². The van der Waals surface area contributed by atoms with E-state index in [-0.39, 0.29) is 11.8 Å². The van der Waals surface area contributed by atoms with E-state index in [4.69, 9.17) is 9.47 Å². The number of nitrogens with zero attached hydrogens (tertiary/aromatic N) is 1. The number of methoxy groups -OCH3 is 2. The third kappa shape index (κ3) is 6.89. The molecule has 0 aliphatic heterocycles. The first kappa shape index (κ1) is 25.8. The molecule has 4 rings (SSSR count). The molecule has 37 heavy (non-hydrogen) atoms. The monoisotopic (exact) mass is 513 g/mol. The predicted octanol–water partition coefficient (Wildman–Crippen LogP) is 5.57. The highest BCUT2D eigenvalue weighted by Gasteiger charge is 2.12. The lowest BCUT2D eigenvalue weighted by Gasteiger charge is -2.12. The number of anilines is 1. The topological polar surface area (TPSA) is 89.6 Å². The number of thioether (sulfide) groups is 1. The van der Waals surface area contributed by atoms with Crippen molar-refractivity contribution in [2.45, 2.75) is 17.2 Å². The summed E-state index contributed by atoms with van der Waals surface area (Å²) in [4.78, 5) is 30.4. The highest BCUT2D eigenvalue weighted by Crippen LogP contribution is 2.30. The molecule has 0 saturated carbocycles. The molecule has 3 aromatic carbocycles. The average molecular weight is 514 g/mol. The van der Waals surface area contributed by atoms with E-state index in [0.29, 0.717) is 34.9 Å². The lowest BCUT2D eigenvalue weighted by atomic mass is 10.1. The van der Waals surface area contributed by atoms with Gasteiger partial charge in [-0.1, -0.05) is 24.3 Å². The Balaban J connectivity index is 1.38. The van der Waals surface area contributed by atoms with Crippen molar-refractivity contribution in [2.24, 2.45) is 0 Å². The first-order chi connectivity index (χ1) is 18.1. The zero-order valence-corrected chi connectivity index (χ0v) is 21.4. The SMILES string of the molecule is COc1ccc(CNC(=O)c2cccc(CSc3ccccc3NC(=O)c3cccnc3)c2)c(OC)c1. The summed E-state index contributed by atoms with van der Waals surface area (Å²) in [7, 11) is 3.18. The highest BCUT2D eigenvalue weighted by atomic mass is 32.2. The molecule has 2 amide bonds. The normalized spacial score (nSPS) is 10.4. The molecule has 8 heteroatoms. The maximum atomic E-state index is 12.8. The molecule has 0 bridgehead atoms. The Hall–Kier alpha value is -4.30. The Kier molecular flexibility index (Phi) is 8.78. The van der Waals surface area contributed by atoms with Crippen molar-refractivity contribution >= 4 is 29.3 Å². The fourth-order valence-corrected chi connectivity index (χ4v) is 4.58. The van der Waals surface area contributed by atoms with Crippen LogP contribution < -0.4 is 20.1 Å². The molecule has 0 fully saturated rings. The van der Waals surface area contributed by atoms with Gasteiger partial charge in [0.05, 0.1) is 25.5 Å². The molecule has 0 aliphatic carbocycles. The molecule has 0 atom stereocenters. The lowest BCUT2D eigenvalue weighted by molar-refractivity contribution is 0.0949. The van der Waals surface area contributed by atoms with Crippen molar-refractivity contribution in [1.82, 2.24) is 10.3 Å².